The fourth-order valence-corrected chi connectivity index (χ4v) is 2.97. The van der Waals surface area contributed by atoms with Crippen molar-refractivity contribution in [2.24, 2.45) is 0 Å². The van der Waals surface area contributed by atoms with E-state index in [0.717, 1.165) is 10.3 Å². The molecular weight excluding hydrogens is 267 g/mol. The zero-order valence-corrected chi connectivity index (χ0v) is 9.49. The zero-order chi connectivity index (χ0) is 10.1. The Morgan fingerprint density at radius 2 is 2.29 bits per heavy atom. The summed E-state index contributed by atoms with van der Waals surface area (Å²) in [4.78, 5) is 10.5. The lowest BCUT2D eigenvalue weighted by Crippen LogP contribution is -1.88. The molecule has 0 saturated heterocycles. The molecule has 0 bridgehead atoms. The van der Waals surface area contributed by atoms with E-state index in [2.05, 4.69) is 15.9 Å². The molecule has 0 fully saturated rings. The number of hydrogen-bond acceptors (Lipinski definition) is 2. The number of carbonyl (C=O) groups excluding carboxylic acids is 1. The highest BCUT2D eigenvalue weighted by atomic mass is 79.9. The number of hydrogen-bond donors (Lipinski definition) is 0. The summed E-state index contributed by atoms with van der Waals surface area (Å²) in [5.74, 6) is -0.409. The van der Waals surface area contributed by atoms with E-state index >= 15 is 0 Å². The molecule has 4 heteroatoms. The first-order valence-electron chi connectivity index (χ1n) is 3.97. The van der Waals surface area contributed by atoms with Crippen LogP contribution in [0.25, 0.3) is 10.1 Å². The Labute approximate surface area is 92.7 Å². The summed E-state index contributed by atoms with van der Waals surface area (Å²) in [6.07, 6.45) is 0.546. The van der Waals surface area contributed by atoms with Crippen LogP contribution in [-0.4, -0.2) is 6.29 Å². The number of halogens is 2. The molecular formula is C10H6BrFOS. The maximum absolute atomic E-state index is 13.7. The minimum atomic E-state index is -0.409. The van der Waals surface area contributed by atoms with Gasteiger partial charge in [-0.15, -0.1) is 11.3 Å². The van der Waals surface area contributed by atoms with Crippen molar-refractivity contribution in [2.45, 2.75) is 5.33 Å². The molecule has 1 nitrogen and oxygen atoms in total. The van der Waals surface area contributed by atoms with E-state index in [1.165, 1.54) is 17.4 Å². The van der Waals surface area contributed by atoms with Crippen LogP contribution in [0.1, 0.15) is 15.9 Å². The van der Waals surface area contributed by atoms with Crippen molar-refractivity contribution < 1.29 is 9.18 Å². The molecule has 0 amide bonds. The summed E-state index contributed by atoms with van der Waals surface area (Å²) in [5.41, 5.74) is 1.02. The molecule has 1 heterocycles. The van der Waals surface area contributed by atoms with E-state index in [1.807, 2.05) is 5.38 Å². The molecule has 2 aromatic rings. The number of rotatable bonds is 2. The summed E-state index contributed by atoms with van der Waals surface area (Å²) in [6, 6.07) is 3.29. The van der Waals surface area contributed by atoms with Gasteiger partial charge in [-0.1, -0.05) is 15.9 Å². The molecule has 0 radical (unpaired) electrons. The number of alkyl halides is 1. The molecule has 72 valence electrons. The van der Waals surface area contributed by atoms with Crippen molar-refractivity contribution >= 4 is 43.6 Å². The lowest BCUT2D eigenvalue weighted by atomic mass is 10.1. The van der Waals surface area contributed by atoms with E-state index in [4.69, 9.17) is 0 Å². The molecule has 0 unspecified atom stereocenters. The van der Waals surface area contributed by atoms with Crippen LogP contribution in [0.3, 0.4) is 0 Å². The van der Waals surface area contributed by atoms with Crippen LogP contribution >= 0.6 is 27.3 Å². The molecule has 0 aliphatic rings. The Morgan fingerprint density at radius 1 is 1.50 bits per heavy atom. The van der Waals surface area contributed by atoms with Crippen molar-refractivity contribution in [3.05, 3.63) is 34.5 Å². The summed E-state index contributed by atoms with van der Waals surface area (Å²) in [7, 11) is 0. The van der Waals surface area contributed by atoms with Gasteiger partial charge in [0.05, 0.1) is 5.56 Å². The van der Waals surface area contributed by atoms with Crippen LogP contribution in [0, 0.1) is 5.82 Å². The van der Waals surface area contributed by atoms with E-state index in [9.17, 15) is 9.18 Å². The molecule has 0 spiro atoms. The largest absolute Gasteiger partial charge is 0.298 e. The Bertz CT molecular complexity index is 492. The van der Waals surface area contributed by atoms with Gasteiger partial charge >= 0.3 is 0 Å². The number of thiophene rings is 1. The second-order valence-corrected chi connectivity index (χ2v) is 4.33. The lowest BCUT2D eigenvalue weighted by molar-refractivity contribution is 0.112. The summed E-state index contributed by atoms with van der Waals surface area (Å²) in [6.45, 7) is 0. The van der Waals surface area contributed by atoms with Crippen molar-refractivity contribution in [2.75, 3.05) is 0 Å². The first-order chi connectivity index (χ1) is 6.77. The van der Waals surface area contributed by atoms with Gasteiger partial charge in [-0.25, -0.2) is 4.39 Å². The number of aldehydes is 1. The predicted molar refractivity (Wildman–Crippen MR) is 59.8 cm³/mol. The predicted octanol–water partition coefficient (Wildman–Crippen LogP) is 3.75. The highest BCUT2D eigenvalue weighted by Gasteiger charge is 2.11. The first-order valence-corrected chi connectivity index (χ1v) is 5.97. The van der Waals surface area contributed by atoms with Crippen molar-refractivity contribution in [1.29, 1.82) is 0 Å². The monoisotopic (exact) mass is 272 g/mol. The Kier molecular flexibility index (Phi) is 2.65. The molecule has 0 aliphatic heterocycles. The van der Waals surface area contributed by atoms with E-state index in [0.29, 0.717) is 17.0 Å². The van der Waals surface area contributed by atoms with Gasteiger partial charge in [-0.2, -0.15) is 0 Å². The van der Waals surface area contributed by atoms with Crippen LogP contribution in [0.2, 0.25) is 0 Å². The Morgan fingerprint density at radius 3 is 2.93 bits per heavy atom. The van der Waals surface area contributed by atoms with Gasteiger partial charge in [-0.3, -0.25) is 4.79 Å². The first kappa shape index (κ1) is 9.80. The summed E-state index contributed by atoms with van der Waals surface area (Å²) in [5, 5.41) is 3.07. The third kappa shape index (κ3) is 1.38. The molecule has 1 aromatic carbocycles. The smallest absolute Gasteiger partial charge is 0.153 e. The van der Waals surface area contributed by atoms with Gasteiger partial charge in [0.1, 0.15) is 5.82 Å². The van der Waals surface area contributed by atoms with Crippen LogP contribution in [0.15, 0.2) is 17.5 Å². The van der Waals surface area contributed by atoms with Gasteiger partial charge in [0.2, 0.25) is 0 Å². The Hall–Kier alpha value is -0.740. The van der Waals surface area contributed by atoms with Crippen LogP contribution in [0.5, 0.6) is 0 Å². The minimum Gasteiger partial charge on any atom is -0.298 e. The summed E-state index contributed by atoms with van der Waals surface area (Å²) < 4.78 is 14.6. The number of carbonyl (C=O) groups is 1. The normalized spacial score (nSPS) is 10.7. The van der Waals surface area contributed by atoms with Gasteiger partial charge in [-0.05, 0) is 23.1 Å². The molecule has 0 saturated carbocycles. The van der Waals surface area contributed by atoms with Crippen LogP contribution in [-0.2, 0) is 5.33 Å². The number of fused-ring (bicyclic) bond motifs is 1. The van der Waals surface area contributed by atoms with Crippen molar-refractivity contribution in [3.8, 4) is 0 Å². The van der Waals surface area contributed by atoms with Crippen molar-refractivity contribution in [3.63, 3.8) is 0 Å². The molecule has 0 N–H and O–H groups in total. The topological polar surface area (TPSA) is 17.1 Å². The highest BCUT2D eigenvalue weighted by molar-refractivity contribution is 9.08. The van der Waals surface area contributed by atoms with Gasteiger partial charge in [0.15, 0.2) is 6.29 Å². The van der Waals surface area contributed by atoms with E-state index < -0.39 is 5.82 Å². The standard InChI is InChI=1S/C10H6BrFOS/c11-3-7-5-14-8-2-1-6(4-13)10(12)9(7)8/h1-2,4-5H,3H2. The number of benzene rings is 1. The maximum Gasteiger partial charge on any atom is 0.153 e. The van der Waals surface area contributed by atoms with Gasteiger partial charge in [0, 0.05) is 15.4 Å². The third-order valence-electron chi connectivity index (χ3n) is 2.05. The van der Waals surface area contributed by atoms with Crippen LogP contribution < -0.4 is 0 Å². The van der Waals surface area contributed by atoms with Gasteiger partial charge in [0.25, 0.3) is 0 Å². The summed E-state index contributed by atoms with van der Waals surface area (Å²) >= 11 is 4.78. The molecule has 2 rings (SSSR count). The zero-order valence-electron chi connectivity index (χ0n) is 7.09. The average Bonchev–Trinajstić information content (AvgIpc) is 2.62. The second-order valence-electron chi connectivity index (χ2n) is 2.85. The van der Waals surface area contributed by atoms with E-state index in [-0.39, 0.29) is 5.56 Å². The fourth-order valence-electron chi connectivity index (χ4n) is 1.35. The molecule has 0 atom stereocenters. The average molecular weight is 273 g/mol. The maximum atomic E-state index is 13.7. The third-order valence-corrected chi connectivity index (χ3v) is 3.65. The molecule has 14 heavy (non-hydrogen) atoms. The fraction of sp³-hybridized carbons (Fsp3) is 0.100. The second kappa shape index (κ2) is 3.79. The molecule has 1 aromatic heterocycles. The minimum absolute atomic E-state index is 0.123. The SMILES string of the molecule is O=Cc1ccc2scc(CBr)c2c1F. The quantitative estimate of drug-likeness (QED) is 0.601. The lowest BCUT2D eigenvalue weighted by Gasteiger charge is -1.98. The van der Waals surface area contributed by atoms with E-state index in [1.54, 1.807) is 6.07 Å². The van der Waals surface area contributed by atoms with Crippen molar-refractivity contribution in [1.82, 2.24) is 0 Å². The van der Waals surface area contributed by atoms with Crippen LogP contribution in [0.4, 0.5) is 4.39 Å². The van der Waals surface area contributed by atoms with Gasteiger partial charge < -0.3 is 0 Å². The Balaban J connectivity index is 2.83. The molecule has 0 aliphatic carbocycles. The highest BCUT2D eigenvalue weighted by Crippen LogP contribution is 2.30.